The van der Waals surface area contributed by atoms with E-state index in [9.17, 15) is 5.11 Å². The lowest BCUT2D eigenvalue weighted by Gasteiger charge is -2.67. The maximum atomic E-state index is 11.9. The molecule has 296 valence electrons. The van der Waals surface area contributed by atoms with Gasteiger partial charge in [0.1, 0.15) is 11.9 Å². The van der Waals surface area contributed by atoms with Gasteiger partial charge in [0.25, 0.3) is 0 Å². The van der Waals surface area contributed by atoms with E-state index in [4.69, 9.17) is 13.9 Å². The first-order chi connectivity index (χ1) is 26.0. The molecule has 1 aliphatic carbocycles. The summed E-state index contributed by atoms with van der Waals surface area (Å²) in [6.07, 6.45) is 30.7. The minimum Gasteiger partial charge on any atom is -0.497 e. The van der Waals surface area contributed by atoms with E-state index in [-0.39, 0.29) is 35.8 Å². The van der Waals surface area contributed by atoms with Gasteiger partial charge in [-0.3, -0.25) is 9.80 Å². The zero-order valence-electron chi connectivity index (χ0n) is 34.0. The van der Waals surface area contributed by atoms with Crippen molar-refractivity contribution in [3.8, 4) is 5.75 Å². The Kier molecular flexibility index (Phi) is 15.0. The van der Waals surface area contributed by atoms with Gasteiger partial charge < -0.3 is 19.0 Å². The largest absolute Gasteiger partial charge is 0.497 e. The van der Waals surface area contributed by atoms with E-state index in [1.807, 2.05) is 0 Å². The Labute approximate surface area is 324 Å². The molecule has 4 aliphatic heterocycles. The van der Waals surface area contributed by atoms with Crippen LogP contribution in [0.1, 0.15) is 116 Å². The van der Waals surface area contributed by atoms with Gasteiger partial charge in [-0.15, -0.1) is 0 Å². The predicted octanol–water partition coefficient (Wildman–Crippen LogP) is 10.1. The molecule has 0 aromatic heterocycles. The van der Waals surface area contributed by atoms with Crippen molar-refractivity contribution in [1.29, 1.82) is 0 Å². The minimum absolute atomic E-state index is 0.152. The Morgan fingerprint density at radius 3 is 2.28 bits per heavy atom. The van der Waals surface area contributed by atoms with E-state index in [0.717, 1.165) is 82.2 Å². The lowest BCUT2D eigenvalue weighted by atomic mass is 9.50. The maximum Gasteiger partial charge on any atom is 0.193 e. The van der Waals surface area contributed by atoms with Gasteiger partial charge in [0, 0.05) is 18.0 Å². The van der Waals surface area contributed by atoms with Crippen LogP contribution in [0.4, 0.5) is 0 Å². The first kappa shape index (κ1) is 40.9. The SMILES string of the molecule is CC[Si](CC)(CC)O[C@H]1/C=C/C=C\C/C=C\CCCN2C[C@@H]3C[C@]4(CO)CCCCCCCCCCN5CC[C@@H]3[C@@]2([C@@H]1OCc1ccc(OC)cc1)[C@@H]54. The van der Waals surface area contributed by atoms with Crippen molar-refractivity contribution in [3.63, 3.8) is 0 Å². The van der Waals surface area contributed by atoms with Crippen LogP contribution in [-0.4, -0.2) is 86.9 Å². The Balaban J connectivity index is 1.55. The molecule has 5 aliphatic rings. The third-order valence-electron chi connectivity index (χ3n) is 14.6. The summed E-state index contributed by atoms with van der Waals surface area (Å²) in [4.78, 5) is 5.87. The number of benzene rings is 1. The summed E-state index contributed by atoms with van der Waals surface area (Å²) in [6.45, 7) is 12.3. The fraction of sp³-hybridized carbons (Fsp3) is 0.739. The van der Waals surface area contributed by atoms with Gasteiger partial charge in [-0.05, 0) is 112 Å². The zero-order chi connectivity index (χ0) is 37.2. The van der Waals surface area contributed by atoms with Gasteiger partial charge in [0.15, 0.2) is 8.32 Å². The molecule has 1 aromatic carbocycles. The molecule has 3 saturated heterocycles. The Hall–Kier alpha value is -1.74. The van der Waals surface area contributed by atoms with Crippen LogP contribution in [0.25, 0.3) is 0 Å². The molecule has 1 spiro atoms. The monoisotopic (exact) mass is 747 g/mol. The van der Waals surface area contributed by atoms with Gasteiger partial charge in [0.2, 0.25) is 0 Å². The fourth-order valence-corrected chi connectivity index (χ4v) is 14.6. The number of hydrogen-bond donors (Lipinski definition) is 1. The van der Waals surface area contributed by atoms with E-state index in [0.29, 0.717) is 18.4 Å². The number of ether oxygens (including phenoxy) is 2. The van der Waals surface area contributed by atoms with Gasteiger partial charge in [-0.1, -0.05) is 114 Å². The summed E-state index contributed by atoms with van der Waals surface area (Å²) in [7, 11) is -0.335. The van der Waals surface area contributed by atoms with Gasteiger partial charge in [-0.25, -0.2) is 0 Å². The van der Waals surface area contributed by atoms with Gasteiger partial charge >= 0.3 is 0 Å². The lowest BCUT2D eigenvalue weighted by molar-refractivity contribution is -0.214. The van der Waals surface area contributed by atoms with Crippen molar-refractivity contribution in [3.05, 3.63) is 66.3 Å². The molecule has 53 heavy (non-hydrogen) atoms. The van der Waals surface area contributed by atoms with E-state index >= 15 is 0 Å². The molecular formula is C46H74N2O4Si. The van der Waals surface area contributed by atoms with Crippen molar-refractivity contribution in [2.45, 2.75) is 159 Å². The van der Waals surface area contributed by atoms with Crippen molar-refractivity contribution < 1.29 is 19.0 Å². The van der Waals surface area contributed by atoms with Gasteiger partial charge in [0.05, 0.1) is 32.0 Å². The standard InChI is InChI=1S/C46H74N2O4Si/c1-5-53(6-2,7-3)52-42-24-20-16-12-8-10-15-19-23-32-48-35-39-34-45(37-49)30-21-17-13-9-11-14-18-22-31-47-33-29-41(39)46(48,44(45)47)43(42)51-36-38-25-27-40(50-4)28-26-38/h10,12,15-16,20,24-28,39,41-44,49H,5-9,11,13-14,17-19,21-23,29-37H2,1-4H3/b15-10-,16-12-,24-20+/t39-,41-,42-,43+,44-,45-,46+/m0/s1. The Morgan fingerprint density at radius 2 is 1.57 bits per heavy atom. The van der Waals surface area contributed by atoms with Crippen LogP contribution in [0.2, 0.25) is 18.1 Å². The van der Waals surface area contributed by atoms with Crippen LogP contribution in [0.5, 0.6) is 5.75 Å². The molecule has 4 heterocycles. The summed E-state index contributed by atoms with van der Waals surface area (Å²) < 4.78 is 21.0. The molecule has 7 heteroatoms. The molecule has 1 aromatic rings. The third kappa shape index (κ3) is 8.81. The van der Waals surface area contributed by atoms with Gasteiger partial charge in [-0.2, -0.15) is 0 Å². The average Bonchev–Trinajstić information content (AvgIpc) is 3.43. The summed E-state index contributed by atoms with van der Waals surface area (Å²) >= 11 is 0. The number of piperidine rings is 1. The van der Waals surface area contributed by atoms with Crippen molar-refractivity contribution in [1.82, 2.24) is 9.80 Å². The number of aliphatic hydroxyl groups is 1. The Morgan fingerprint density at radius 1 is 0.830 bits per heavy atom. The van der Waals surface area contributed by atoms with Crippen LogP contribution < -0.4 is 4.74 Å². The summed E-state index contributed by atoms with van der Waals surface area (Å²) in [6, 6.07) is 12.0. The number of allylic oxidation sites excluding steroid dienone is 5. The van der Waals surface area contributed by atoms with E-state index < -0.39 is 8.32 Å². The smallest absolute Gasteiger partial charge is 0.193 e. The highest BCUT2D eigenvalue weighted by molar-refractivity contribution is 6.73. The van der Waals surface area contributed by atoms with Crippen molar-refractivity contribution >= 4 is 8.32 Å². The highest BCUT2D eigenvalue weighted by Crippen LogP contribution is 2.64. The number of methoxy groups -OCH3 is 1. The van der Waals surface area contributed by atoms with Crippen molar-refractivity contribution in [2.75, 3.05) is 39.9 Å². The third-order valence-corrected chi connectivity index (χ3v) is 19.2. The molecule has 4 fully saturated rings. The quantitative estimate of drug-likeness (QED) is 0.190. The van der Waals surface area contributed by atoms with Crippen molar-refractivity contribution in [2.24, 2.45) is 17.3 Å². The van der Waals surface area contributed by atoms with E-state index in [2.05, 4.69) is 91.3 Å². The second-order valence-corrected chi connectivity index (χ2v) is 22.0. The second-order valence-electron chi connectivity index (χ2n) is 17.3. The van der Waals surface area contributed by atoms with Crippen LogP contribution >= 0.6 is 0 Å². The summed E-state index contributed by atoms with van der Waals surface area (Å²) in [5, 5.41) is 11.9. The molecule has 6 rings (SSSR count). The van der Waals surface area contributed by atoms with Crippen LogP contribution in [0, 0.1) is 17.3 Å². The number of aliphatic hydroxyl groups excluding tert-OH is 1. The molecule has 7 atom stereocenters. The molecule has 1 saturated carbocycles. The topological polar surface area (TPSA) is 54.4 Å². The molecule has 6 nitrogen and oxygen atoms in total. The maximum absolute atomic E-state index is 11.9. The van der Waals surface area contributed by atoms with E-state index in [1.165, 1.54) is 63.4 Å². The number of rotatable bonds is 10. The molecule has 0 unspecified atom stereocenters. The highest BCUT2D eigenvalue weighted by atomic mass is 28.4. The molecule has 0 amide bonds. The number of nitrogens with zero attached hydrogens (tertiary/aromatic N) is 2. The summed E-state index contributed by atoms with van der Waals surface area (Å²) in [5.74, 6) is 1.95. The minimum atomic E-state index is -2.07. The Bertz CT molecular complexity index is 1340. The summed E-state index contributed by atoms with van der Waals surface area (Å²) in [5.41, 5.74) is 0.754. The van der Waals surface area contributed by atoms with Crippen LogP contribution in [-0.2, 0) is 15.8 Å². The first-order valence-corrected chi connectivity index (χ1v) is 24.5. The normalized spacial score (nSPS) is 35.5. The molecule has 4 bridgehead atoms. The fourth-order valence-electron chi connectivity index (χ4n) is 11.8. The predicted molar refractivity (Wildman–Crippen MR) is 222 cm³/mol. The molecule has 0 radical (unpaired) electrons. The lowest BCUT2D eigenvalue weighted by Crippen LogP contribution is -2.79. The molecular weight excluding hydrogens is 673 g/mol. The first-order valence-electron chi connectivity index (χ1n) is 22.0. The second kappa shape index (κ2) is 19.4. The van der Waals surface area contributed by atoms with E-state index in [1.54, 1.807) is 7.11 Å². The molecule has 1 N–H and O–H groups in total. The number of hydrogen-bond acceptors (Lipinski definition) is 6. The van der Waals surface area contributed by atoms with Crippen LogP contribution in [0.3, 0.4) is 0 Å². The average molecular weight is 747 g/mol. The highest BCUT2D eigenvalue weighted by Gasteiger charge is 2.73. The van der Waals surface area contributed by atoms with Crippen LogP contribution in [0.15, 0.2) is 60.7 Å². The zero-order valence-corrected chi connectivity index (χ0v) is 35.0.